The molecular formula is C17H14ClNO4. The number of cyclic esters (lactones) is 1. The van der Waals surface area contributed by atoms with Gasteiger partial charge in [0, 0.05) is 11.4 Å². The Morgan fingerprint density at radius 2 is 2.09 bits per heavy atom. The topological polar surface area (TPSA) is 64.6 Å². The van der Waals surface area contributed by atoms with Crippen molar-refractivity contribution in [2.75, 3.05) is 12.4 Å². The molecule has 3 rings (SSSR count). The second kappa shape index (κ2) is 6.30. The molecule has 5 nitrogen and oxygen atoms in total. The standard InChI is InChI=1S/C17H14ClNO4/c1-22-14-5-3-2-4-13(14)19-16(20)15-9-10-8-11(18)6-7-12(10)17(21)23-15/h2-8,15H,9H2,1H3,(H,19,20). The molecule has 2 aromatic rings. The number of carbonyl (C=O) groups is 2. The first-order chi connectivity index (χ1) is 11.1. The summed E-state index contributed by atoms with van der Waals surface area (Å²) in [5.74, 6) is -0.400. The molecule has 0 spiro atoms. The molecule has 118 valence electrons. The van der Waals surface area contributed by atoms with Gasteiger partial charge in [0.15, 0.2) is 6.10 Å². The van der Waals surface area contributed by atoms with Gasteiger partial charge < -0.3 is 14.8 Å². The molecule has 0 aromatic heterocycles. The minimum absolute atomic E-state index is 0.280. The molecule has 2 aromatic carbocycles. The van der Waals surface area contributed by atoms with E-state index in [2.05, 4.69) is 5.32 Å². The zero-order valence-corrected chi connectivity index (χ0v) is 13.1. The lowest BCUT2D eigenvalue weighted by atomic mass is 9.98. The summed E-state index contributed by atoms with van der Waals surface area (Å²) in [6.45, 7) is 0. The summed E-state index contributed by atoms with van der Waals surface area (Å²) < 4.78 is 10.4. The van der Waals surface area contributed by atoms with Gasteiger partial charge in [-0.15, -0.1) is 0 Å². The number of fused-ring (bicyclic) bond motifs is 1. The van der Waals surface area contributed by atoms with Gasteiger partial charge in [0.2, 0.25) is 0 Å². The Bertz CT molecular complexity index is 775. The second-order valence-electron chi connectivity index (χ2n) is 5.09. The number of nitrogens with one attached hydrogen (secondary N) is 1. The summed E-state index contributed by atoms with van der Waals surface area (Å²) in [6, 6.07) is 11.9. The first-order valence-electron chi connectivity index (χ1n) is 7.02. The van der Waals surface area contributed by atoms with Crippen molar-refractivity contribution in [1.29, 1.82) is 0 Å². The van der Waals surface area contributed by atoms with Crippen molar-refractivity contribution < 1.29 is 19.1 Å². The van der Waals surface area contributed by atoms with Gasteiger partial charge in [0.1, 0.15) is 5.75 Å². The van der Waals surface area contributed by atoms with Crippen LogP contribution in [0.25, 0.3) is 0 Å². The molecule has 0 radical (unpaired) electrons. The average molecular weight is 332 g/mol. The molecule has 0 saturated heterocycles. The van der Waals surface area contributed by atoms with Gasteiger partial charge in [0.25, 0.3) is 5.91 Å². The monoisotopic (exact) mass is 331 g/mol. The Kier molecular flexibility index (Phi) is 4.21. The van der Waals surface area contributed by atoms with Crippen LogP contribution in [0.15, 0.2) is 42.5 Å². The third-order valence-corrected chi connectivity index (χ3v) is 3.83. The number of amides is 1. The predicted molar refractivity (Wildman–Crippen MR) is 86.0 cm³/mol. The van der Waals surface area contributed by atoms with E-state index in [1.54, 1.807) is 42.5 Å². The van der Waals surface area contributed by atoms with Gasteiger partial charge in [-0.3, -0.25) is 4.79 Å². The fraction of sp³-hybridized carbons (Fsp3) is 0.176. The summed E-state index contributed by atoms with van der Waals surface area (Å²) in [5.41, 5.74) is 1.66. The van der Waals surface area contributed by atoms with E-state index in [9.17, 15) is 9.59 Å². The highest BCUT2D eigenvalue weighted by Gasteiger charge is 2.31. The number of hydrogen-bond acceptors (Lipinski definition) is 4. The van der Waals surface area contributed by atoms with E-state index in [0.717, 1.165) is 0 Å². The third kappa shape index (κ3) is 3.14. The number of para-hydroxylation sites is 2. The summed E-state index contributed by atoms with van der Waals surface area (Å²) in [6.07, 6.45) is -0.624. The van der Waals surface area contributed by atoms with Crippen LogP contribution in [0.5, 0.6) is 5.75 Å². The molecule has 6 heteroatoms. The molecule has 1 amide bonds. The lowest BCUT2D eigenvalue weighted by Gasteiger charge is -2.24. The van der Waals surface area contributed by atoms with Crippen molar-refractivity contribution in [3.8, 4) is 5.75 Å². The van der Waals surface area contributed by atoms with Gasteiger partial charge >= 0.3 is 5.97 Å². The zero-order chi connectivity index (χ0) is 16.4. The normalized spacial score (nSPS) is 16.3. The van der Waals surface area contributed by atoms with Crippen molar-refractivity contribution in [3.05, 3.63) is 58.6 Å². The Hall–Kier alpha value is -2.53. The Labute approximate surface area is 138 Å². The Balaban J connectivity index is 1.80. The molecule has 0 aliphatic carbocycles. The number of carbonyl (C=O) groups excluding carboxylic acids is 2. The van der Waals surface area contributed by atoms with Crippen LogP contribution in [0, 0.1) is 0 Å². The number of ether oxygens (including phenoxy) is 2. The molecule has 1 aliphatic rings. The van der Waals surface area contributed by atoms with E-state index in [0.29, 0.717) is 27.6 Å². The Morgan fingerprint density at radius 3 is 2.87 bits per heavy atom. The number of benzene rings is 2. The molecule has 0 bridgehead atoms. The maximum absolute atomic E-state index is 12.4. The number of halogens is 1. The number of hydrogen-bond donors (Lipinski definition) is 1. The van der Waals surface area contributed by atoms with Crippen LogP contribution in [0.2, 0.25) is 5.02 Å². The highest BCUT2D eigenvalue weighted by molar-refractivity contribution is 6.30. The molecule has 1 N–H and O–H groups in total. The van der Waals surface area contributed by atoms with Crippen LogP contribution >= 0.6 is 11.6 Å². The minimum atomic E-state index is -0.904. The molecule has 0 fully saturated rings. The second-order valence-corrected chi connectivity index (χ2v) is 5.53. The van der Waals surface area contributed by atoms with Crippen LogP contribution in [0.4, 0.5) is 5.69 Å². The van der Waals surface area contributed by atoms with E-state index >= 15 is 0 Å². The molecule has 1 heterocycles. The average Bonchev–Trinajstić information content (AvgIpc) is 2.54. The molecule has 1 aliphatic heterocycles. The SMILES string of the molecule is COc1ccccc1NC(=O)C1Cc2cc(Cl)ccc2C(=O)O1. The van der Waals surface area contributed by atoms with Crippen LogP contribution in [-0.2, 0) is 16.0 Å². The number of anilines is 1. The van der Waals surface area contributed by atoms with Crippen molar-refractivity contribution in [2.45, 2.75) is 12.5 Å². The summed E-state index contributed by atoms with van der Waals surface area (Å²) >= 11 is 5.95. The van der Waals surface area contributed by atoms with Crippen molar-refractivity contribution in [1.82, 2.24) is 0 Å². The quantitative estimate of drug-likeness (QED) is 0.878. The van der Waals surface area contributed by atoms with Crippen molar-refractivity contribution >= 4 is 29.2 Å². The molecule has 0 saturated carbocycles. The number of methoxy groups -OCH3 is 1. The maximum atomic E-state index is 12.4. The van der Waals surface area contributed by atoms with Crippen LogP contribution in [0.3, 0.4) is 0 Å². The fourth-order valence-corrected chi connectivity index (χ4v) is 2.67. The highest BCUT2D eigenvalue weighted by Crippen LogP contribution is 2.27. The van der Waals surface area contributed by atoms with Crippen LogP contribution < -0.4 is 10.1 Å². The molecule has 1 unspecified atom stereocenters. The summed E-state index contributed by atoms with van der Waals surface area (Å²) in [4.78, 5) is 24.4. The minimum Gasteiger partial charge on any atom is -0.495 e. The van der Waals surface area contributed by atoms with E-state index in [4.69, 9.17) is 21.1 Å². The van der Waals surface area contributed by atoms with Gasteiger partial charge in [-0.05, 0) is 35.9 Å². The van der Waals surface area contributed by atoms with E-state index in [1.807, 2.05) is 0 Å². The molecule has 1 atom stereocenters. The van der Waals surface area contributed by atoms with E-state index in [-0.39, 0.29) is 6.42 Å². The first kappa shape index (κ1) is 15.4. The Morgan fingerprint density at radius 1 is 1.30 bits per heavy atom. The van der Waals surface area contributed by atoms with Crippen molar-refractivity contribution in [3.63, 3.8) is 0 Å². The van der Waals surface area contributed by atoms with Crippen molar-refractivity contribution in [2.24, 2.45) is 0 Å². The maximum Gasteiger partial charge on any atom is 0.339 e. The lowest BCUT2D eigenvalue weighted by molar-refractivity contribution is -0.125. The van der Waals surface area contributed by atoms with Gasteiger partial charge in [-0.25, -0.2) is 4.79 Å². The fourth-order valence-electron chi connectivity index (χ4n) is 2.47. The van der Waals surface area contributed by atoms with E-state index < -0.39 is 18.0 Å². The molecule has 23 heavy (non-hydrogen) atoms. The first-order valence-corrected chi connectivity index (χ1v) is 7.39. The van der Waals surface area contributed by atoms with E-state index in [1.165, 1.54) is 7.11 Å². The smallest absolute Gasteiger partial charge is 0.339 e. The number of esters is 1. The van der Waals surface area contributed by atoms with Gasteiger partial charge in [-0.1, -0.05) is 23.7 Å². The lowest BCUT2D eigenvalue weighted by Crippen LogP contribution is -2.38. The largest absolute Gasteiger partial charge is 0.495 e. The highest BCUT2D eigenvalue weighted by atomic mass is 35.5. The zero-order valence-electron chi connectivity index (χ0n) is 12.3. The van der Waals surface area contributed by atoms with Gasteiger partial charge in [-0.2, -0.15) is 0 Å². The van der Waals surface area contributed by atoms with Gasteiger partial charge in [0.05, 0.1) is 18.4 Å². The third-order valence-electron chi connectivity index (χ3n) is 3.60. The van der Waals surface area contributed by atoms with Crippen LogP contribution in [-0.4, -0.2) is 25.1 Å². The predicted octanol–water partition coefficient (Wildman–Crippen LogP) is 3.07. The summed E-state index contributed by atoms with van der Waals surface area (Å²) in [5, 5.41) is 3.24. The van der Waals surface area contributed by atoms with Crippen LogP contribution in [0.1, 0.15) is 15.9 Å². The summed E-state index contributed by atoms with van der Waals surface area (Å²) in [7, 11) is 1.52. The molecular weight excluding hydrogens is 318 g/mol. The number of rotatable bonds is 3.